The Morgan fingerprint density at radius 3 is 2.76 bits per heavy atom. The zero-order valence-electron chi connectivity index (χ0n) is 18.3. The number of fused-ring (bicyclic) bond motifs is 2. The molecule has 2 aliphatic rings. The normalized spacial score (nSPS) is 15.9. The van der Waals surface area contributed by atoms with E-state index < -0.39 is 5.79 Å². The van der Waals surface area contributed by atoms with Crippen LogP contribution >= 0.6 is 12.2 Å². The van der Waals surface area contributed by atoms with Crippen molar-refractivity contribution >= 4 is 34.7 Å². The minimum absolute atomic E-state index is 0.187. The summed E-state index contributed by atoms with van der Waals surface area (Å²) in [4.78, 5) is 28.8. The standard InChI is InChI=1S/C24H25N3O5S/c1-30-12-4-11-27-22(29)17-7-5-15(13-18(17)26-23(27)33)21(28)25-16-6-8-19-20(14-16)32-24(31-19)9-2-3-10-24/h5-8,13-14H,2-4,9-12H2,1H3,(H,25,28)(H,26,33). The van der Waals surface area contributed by atoms with Gasteiger partial charge in [-0.1, -0.05) is 0 Å². The van der Waals surface area contributed by atoms with E-state index in [2.05, 4.69) is 10.3 Å². The lowest BCUT2D eigenvalue weighted by Gasteiger charge is -2.21. The fraction of sp³-hybridized carbons (Fsp3) is 0.375. The number of anilines is 1. The van der Waals surface area contributed by atoms with E-state index in [1.807, 2.05) is 6.07 Å². The van der Waals surface area contributed by atoms with Crippen LogP contribution in [0.2, 0.25) is 0 Å². The molecule has 1 aromatic heterocycles. The molecular weight excluding hydrogens is 442 g/mol. The Morgan fingerprint density at radius 1 is 1.18 bits per heavy atom. The molecular formula is C24H25N3O5S. The highest BCUT2D eigenvalue weighted by Crippen LogP contribution is 2.47. The van der Waals surface area contributed by atoms with Gasteiger partial charge in [0.05, 0.1) is 10.9 Å². The minimum Gasteiger partial charge on any atom is -0.448 e. The molecule has 0 atom stereocenters. The summed E-state index contributed by atoms with van der Waals surface area (Å²) in [6.45, 7) is 1.00. The fourth-order valence-corrected chi connectivity index (χ4v) is 4.74. The van der Waals surface area contributed by atoms with Crippen LogP contribution in [0.3, 0.4) is 0 Å². The van der Waals surface area contributed by atoms with Crippen LogP contribution in [0.4, 0.5) is 5.69 Å². The van der Waals surface area contributed by atoms with E-state index in [1.165, 1.54) is 4.57 Å². The molecule has 33 heavy (non-hydrogen) atoms. The second-order valence-corrected chi connectivity index (χ2v) is 8.82. The number of aromatic nitrogens is 2. The average molecular weight is 468 g/mol. The van der Waals surface area contributed by atoms with E-state index in [0.29, 0.717) is 58.0 Å². The van der Waals surface area contributed by atoms with Crippen molar-refractivity contribution < 1.29 is 19.0 Å². The Bertz CT molecular complexity index is 1340. The third kappa shape index (κ3) is 4.14. The number of aromatic amines is 1. The molecule has 1 spiro atoms. The molecule has 0 saturated heterocycles. The van der Waals surface area contributed by atoms with E-state index in [1.54, 1.807) is 37.4 Å². The topological polar surface area (TPSA) is 94.6 Å². The lowest BCUT2D eigenvalue weighted by molar-refractivity contribution is -0.0716. The van der Waals surface area contributed by atoms with Crippen LogP contribution in [0, 0.1) is 4.77 Å². The minimum atomic E-state index is -0.544. The molecule has 2 heterocycles. The second-order valence-electron chi connectivity index (χ2n) is 8.43. The molecule has 2 N–H and O–H groups in total. The number of ether oxygens (including phenoxy) is 3. The number of benzene rings is 2. The number of hydrogen-bond donors (Lipinski definition) is 2. The van der Waals surface area contributed by atoms with Gasteiger partial charge in [-0.2, -0.15) is 0 Å². The molecule has 2 aromatic carbocycles. The quantitative estimate of drug-likeness (QED) is 0.413. The molecule has 9 heteroatoms. The Hall–Kier alpha value is -3.17. The van der Waals surface area contributed by atoms with Crippen molar-refractivity contribution in [1.82, 2.24) is 9.55 Å². The van der Waals surface area contributed by atoms with E-state index in [9.17, 15) is 9.59 Å². The van der Waals surface area contributed by atoms with E-state index >= 15 is 0 Å². The van der Waals surface area contributed by atoms with Crippen molar-refractivity contribution in [2.75, 3.05) is 19.0 Å². The molecule has 5 rings (SSSR count). The van der Waals surface area contributed by atoms with Crippen LogP contribution in [-0.2, 0) is 11.3 Å². The number of nitrogens with one attached hydrogen (secondary N) is 2. The van der Waals surface area contributed by atoms with Crippen molar-refractivity contribution in [3.05, 3.63) is 57.1 Å². The fourth-order valence-electron chi connectivity index (χ4n) is 4.46. The third-order valence-corrected chi connectivity index (χ3v) is 6.46. The highest BCUT2D eigenvalue weighted by molar-refractivity contribution is 7.71. The van der Waals surface area contributed by atoms with Crippen LogP contribution in [0.1, 0.15) is 42.5 Å². The lowest BCUT2D eigenvalue weighted by atomic mass is 10.1. The van der Waals surface area contributed by atoms with Gasteiger partial charge in [-0.15, -0.1) is 0 Å². The summed E-state index contributed by atoms with van der Waals surface area (Å²) in [6, 6.07) is 10.3. The molecule has 3 aromatic rings. The van der Waals surface area contributed by atoms with Crippen LogP contribution in [0.5, 0.6) is 11.5 Å². The van der Waals surface area contributed by atoms with Crippen molar-refractivity contribution in [2.45, 2.75) is 44.4 Å². The zero-order chi connectivity index (χ0) is 23.0. The van der Waals surface area contributed by atoms with E-state index in [0.717, 1.165) is 25.7 Å². The van der Waals surface area contributed by atoms with Gasteiger partial charge in [0, 0.05) is 50.4 Å². The summed E-state index contributed by atoms with van der Waals surface area (Å²) in [5.74, 6) is 0.508. The number of carbonyl (C=O) groups is 1. The molecule has 1 amide bonds. The highest BCUT2D eigenvalue weighted by atomic mass is 32.1. The van der Waals surface area contributed by atoms with Gasteiger partial charge in [-0.05, 0) is 61.8 Å². The average Bonchev–Trinajstić information content (AvgIpc) is 3.40. The number of nitrogens with zero attached hydrogens (tertiary/aromatic N) is 1. The Kier molecular flexibility index (Phi) is 5.67. The van der Waals surface area contributed by atoms with Crippen molar-refractivity contribution in [1.29, 1.82) is 0 Å². The second kappa shape index (κ2) is 8.64. The molecule has 0 bridgehead atoms. The Labute approximate surface area is 195 Å². The summed E-state index contributed by atoms with van der Waals surface area (Å²) >= 11 is 5.36. The van der Waals surface area contributed by atoms with Gasteiger partial charge in [-0.3, -0.25) is 14.2 Å². The number of H-pyrrole nitrogens is 1. The number of carbonyl (C=O) groups excluding carboxylic acids is 1. The van der Waals surface area contributed by atoms with Gasteiger partial charge in [0.1, 0.15) is 0 Å². The van der Waals surface area contributed by atoms with Gasteiger partial charge < -0.3 is 24.5 Å². The molecule has 8 nitrogen and oxygen atoms in total. The monoisotopic (exact) mass is 467 g/mol. The first kappa shape index (κ1) is 21.7. The number of hydrogen-bond acceptors (Lipinski definition) is 6. The predicted molar refractivity (Wildman–Crippen MR) is 127 cm³/mol. The van der Waals surface area contributed by atoms with Gasteiger partial charge in [-0.25, -0.2) is 0 Å². The highest BCUT2D eigenvalue weighted by Gasteiger charge is 2.44. The third-order valence-electron chi connectivity index (χ3n) is 6.13. The van der Waals surface area contributed by atoms with E-state index in [4.69, 9.17) is 26.4 Å². The Balaban J connectivity index is 1.36. The molecule has 1 aliphatic carbocycles. The Morgan fingerprint density at radius 2 is 1.97 bits per heavy atom. The SMILES string of the molecule is COCCCn1c(=S)[nH]c2cc(C(=O)Nc3ccc4c(c3)OC3(CCCC3)O4)ccc2c1=O. The largest absolute Gasteiger partial charge is 0.448 e. The first-order valence-electron chi connectivity index (χ1n) is 11.1. The molecule has 0 unspecified atom stereocenters. The molecule has 172 valence electrons. The van der Waals surface area contributed by atoms with E-state index in [-0.39, 0.29) is 11.5 Å². The van der Waals surface area contributed by atoms with Crippen LogP contribution < -0.4 is 20.3 Å². The molecule has 1 aliphatic heterocycles. The summed E-state index contributed by atoms with van der Waals surface area (Å²) in [5.41, 5.74) is 1.36. The van der Waals surface area contributed by atoms with Crippen LogP contribution in [0.15, 0.2) is 41.2 Å². The van der Waals surface area contributed by atoms with Crippen LogP contribution in [0.25, 0.3) is 10.9 Å². The number of methoxy groups -OCH3 is 1. The molecule has 0 radical (unpaired) electrons. The zero-order valence-corrected chi connectivity index (χ0v) is 19.1. The van der Waals surface area contributed by atoms with Gasteiger partial charge in [0.25, 0.3) is 17.3 Å². The van der Waals surface area contributed by atoms with Crippen LogP contribution in [-0.4, -0.2) is 35.0 Å². The number of amides is 1. The maximum atomic E-state index is 12.9. The first-order chi connectivity index (χ1) is 16.0. The molecule has 1 saturated carbocycles. The predicted octanol–water partition coefficient (Wildman–Crippen LogP) is 4.39. The van der Waals surface area contributed by atoms with Crippen molar-refractivity contribution in [2.24, 2.45) is 0 Å². The summed E-state index contributed by atoms with van der Waals surface area (Å²) in [6.07, 6.45) is 4.59. The maximum absolute atomic E-state index is 12.9. The lowest BCUT2D eigenvalue weighted by Crippen LogP contribution is -2.34. The first-order valence-corrected chi connectivity index (χ1v) is 11.5. The maximum Gasteiger partial charge on any atom is 0.262 e. The van der Waals surface area contributed by atoms with Gasteiger partial charge in [0.15, 0.2) is 16.3 Å². The van der Waals surface area contributed by atoms with Gasteiger partial charge in [0.2, 0.25) is 0 Å². The van der Waals surface area contributed by atoms with Crippen molar-refractivity contribution in [3.63, 3.8) is 0 Å². The summed E-state index contributed by atoms with van der Waals surface area (Å²) in [7, 11) is 1.62. The van der Waals surface area contributed by atoms with Gasteiger partial charge >= 0.3 is 0 Å². The number of rotatable bonds is 6. The summed E-state index contributed by atoms with van der Waals surface area (Å²) < 4.78 is 19.0. The summed E-state index contributed by atoms with van der Waals surface area (Å²) in [5, 5.41) is 3.37. The van der Waals surface area contributed by atoms with Crippen molar-refractivity contribution in [3.8, 4) is 11.5 Å². The molecule has 1 fully saturated rings. The smallest absolute Gasteiger partial charge is 0.262 e.